The van der Waals surface area contributed by atoms with Gasteiger partial charge < -0.3 is 16.0 Å². The van der Waals surface area contributed by atoms with Gasteiger partial charge in [0.15, 0.2) is 0 Å². The summed E-state index contributed by atoms with van der Waals surface area (Å²) >= 11 is 1.71. The second-order valence-electron chi connectivity index (χ2n) is 6.97. The predicted octanol–water partition coefficient (Wildman–Crippen LogP) is 2.86. The van der Waals surface area contributed by atoms with Gasteiger partial charge in [-0.1, -0.05) is 24.3 Å². The van der Waals surface area contributed by atoms with E-state index >= 15 is 0 Å². The molecule has 1 saturated heterocycles. The van der Waals surface area contributed by atoms with Gasteiger partial charge in [0.25, 0.3) is 0 Å². The molecule has 0 bridgehead atoms. The summed E-state index contributed by atoms with van der Waals surface area (Å²) in [4.78, 5) is 27.9. The van der Waals surface area contributed by atoms with Crippen molar-refractivity contribution in [3.8, 4) is 0 Å². The molecule has 0 aliphatic carbocycles. The summed E-state index contributed by atoms with van der Waals surface area (Å²) in [6.45, 7) is 2.00. The van der Waals surface area contributed by atoms with Crippen LogP contribution < -0.4 is 11.1 Å². The number of nitrogen functional groups attached to an aromatic ring is 1. The van der Waals surface area contributed by atoms with Crippen LogP contribution in [0.4, 0.5) is 5.69 Å². The van der Waals surface area contributed by atoms with Gasteiger partial charge in [-0.3, -0.25) is 9.59 Å². The fraction of sp³-hybridized carbons (Fsp3) is 0.429. The molecule has 1 aromatic carbocycles. The molecule has 2 amide bonds. The third-order valence-corrected chi connectivity index (χ3v) is 6.07. The molecule has 6 heteroatoms. The topological polar surface area (TPSA) is 75.4 Å². The number of likely N-dealkylation sites (tertiary alicyclic amines) is 1. The molecule has 27 heavy (non-hydrogen) atoms. The Hall–Kier alpha value is -2.34. The van der Waals surface area contributed by atoms with Crippen LogP contribution in [0.2, 0.25) is 0 Å². The van der Waals surface area contributed by atoms with Gasteiger partial charge in [-0.15, -0.1) is 11.3 Å². The minimum absolute atomic E-state index is 0.0159. The summed E-state index contributed by atoms with van der Waals surface area (Å²) < 4.78 is 0. The molecular weight excluding hydrogens is 358 g/mol. The Morgan fingerprint density at radius 2 is 1.89 bits per heavy atom. The van der Waals surface area contributed by atoms with Crippen LogP contribution in [0, 0.1) is 5.92 Å². The Bertz CT molecular complexity index is 753. The van der Waals surface area contributed by atoms with Gasteiger partial charge in [0.2, 0.25) is 11.8 Å². The van der Waals surface area contributed by atoms with Crippen molar-refractivity contribution in [2.45, 2.75) is 32.1 Å². The predicted molar refractivity (Wildman–Crippen MR) is 110 cm³/mol. The first kappa shape index (κ1) is 19.4. The first-order chi connectivity index (χ1) is 13.1. The summed E-state index contributed by atoms with van der Waals surface area (Å²) in [5, 5.41) is 5.09. The van der Waals surface area contributed by atoms with Gasteiger partial charge >= 0.3 is 0 Å². The summed E-state index contributed by atoms with van der Waals surface area (Å²) in [5.74, 6) is 0.285. The summed E-state index contributed by atoms with van der Waals surface area (Å²) in [6, 6.07) is 11.8. The monoisotopic (exact) mass is 385 g/mol. The normalized spacial score (nSPS) is 14.9. The van der Waals surface area contributed by atoms with E-state index in [0.717, 1.165) is 30.5 Å². The number of anilines is 1. The lowest BCUT2D eigenvalue weighted by Crippen LogP contribution is -2.43. The van der Waals surface area contributed by atoms with Crippen molar-refractivity contribution in [2.75, 3.05) is 25.4 Å². The van der Waals surface area contributed by atoms with E-state index in [-0.39, 0.29) is 17.7 Å². The average Bonchev–Trinajstić information content (AvgIpc) is 3.20. The van der Waals surface area contributed by atoms with E-state index in [1.165, 1.54) is 4.88 Å². The average molecular weight is 386 g/mol. The van der Waals surface area contributed by atoms with E-state index in [1.807, 2.05) is 35.2 Å². The smallest absolute Gasteiger partial charge is 0.223 e. The number of piperidine rings is 1. The fourth-order valence-electron chi connectivity index (χ4n) is 3.46. The largest absolute Gasteiger partial charge is 0.399 e. The SMILES string of the molecule is Nc1ccccc1CCC(=O)N1CCC(C(=O)NCCc2cccs2)CC1. The molecule has 2 aromatic rings. The molecule has 2 heterocycles. The van der Waals surface area contributed by atoms with E-state index in [4.69, 9.17) is 5.73 Å². The minimum Gasteiger partial charge on any atom is -0.399 e. The highest BCUT2D eigenvalue weighted by Crippen LogP contribution is 2.19. The molecule has 0 unspecified atom stereocenters. The number of nitrogens with zero attached hydrogens (tertiary/aromatic N) is 1. The number of carbonyl (C=O) groups is 2. The maximum absolute atomic E-state index is 12.4. The first-order valence-electron chi connectivity index (χ1n) is 9.54. The summed E-state index contributed by atoms with van der Waals surface area (Å²) in [5.41, 5.74) is 7.70. The fourth-order valence-corrected chi connectivity index (χ4v) is 4.17. The maximum atomic E-state index is 12.4. The minimum atomic E-state index is 0.0159. The zero-order valence-electron chi connectivity index (χ0n) is 15.5. The molecule has 0 radical (unpaired) electrons. The van der Waals surface area contributed by atoms with Crippen LogP contribution in [0.25, 0.3) is 0 Å². The lowest BCUT2D eigenvalue weighted by molar-refractivity contribution is -0.135. The van der Waals surface area contributed by atoms with Crippen molar-refractivity contribution in [3.63, 3.8) is 0 Å². The molecule has 0 saturated carbocycles. The Balaban J connectivity index is 1.37. The lowest BCUT2D eigenvalue weighted by atomic mass is 9.95. The molecule has 1 aliphatic rings. The molecule has 0 atom stereocenters. The molecule has 1 aliphatic heterocycles. The molecule has 3 N–H and O–H groups in total. The number of thiophene rings is 1. The van der Waals surface area contributed by atoms with Crippen LogP contribution in [0.5, 0.6) is 0 Å². The Morgan fingerprint density at radius 3 is 2.59 bits per heavy atom. The van der Waals surface area contributed by atoms with Crippen LogP contribution in [0.3, 0.4) is 0 Å². The van der Waals surface area contributed by atoms with E-state index in [0.29, 0.717) is 32.5 Å². The number of benzene rings is 1. The zero-order chi connectivity index (χ0) is 19.1. The number of para-hydroxylation sites is 1. The van der Waals surface area contributed by atoms with E-state index in [2.05, 4.69) is 16.8 Å². The third-order valence-electron chi connectivity index (χ3n) is 5.13. The number of aryl methyl sites for hydroxylation is 1. The first-order valence-corrected chi connectivity index (χ1v) is 10.4. The van der Waals surface area contributed by atoms with Crippen molar-refractivity contribution in [1.29, 1.82) is 0 Å². The van der Waals surface area contributed by atoms with Crippen molar-refractivity contribution in [2.24, 2.45) is 5.92 Å². The molecule has 3 rings (SSSR count). The number of hydrogen-bond donors (Lipinski definition) is 2. The lowest BCUT2D eigenvalue weighted by Gasteiger charge is -2.31. The zero-order valence-corrected chi connectivity index (χ0v) is 16.3. The van der Waals surface area contributed by atoms with Crippen LogP contribution in [-0.2, 0) is 22.4 Å². The van der Waals surface area contributed by atoms with E-state index in [9.17, 15) is 9.59 Å². The van der Waals surface area contributed by atoms with Crippen molar-refractivity contribution < 1.29 is 9.59 Å². The Kier molecular flexibility index (Phi) is 6.87. The van der Waals surface area contributed by atoms with Crippen LogP contribution in [0.1, 0.15) is 29.7 Å². The number of carbonyl (C=O) groups excluding carboxylic acids is 2. The molecule has 5 nitrogen and oxygen atoms in total. The highest BCUT2D eigenvalue weighted by Gasteiger charge is 2.26. The van der Waals surface area contributed by atoms with Crippen LogP contribution in [0.15, 0.2) is 41.8 Å². The molecule has 144 valence electrons. The maximum Gasteiger partial charge on any atom is 0.223 e. The molecule has 1 fully saturated rings. The second kappa shape index (κ2) is 9.55. The summed E-state index contributed by atoms with van der Waals surface area (Å²) in [6.07, 6.45) is 3.48. The Labute approximate surface area is 164 Å². The van der Waals surface area contributed by atoms with Gasteiger partial charge in [0.05, 0.1) is 0 Å². The number of nitrogens with one attached hydrogen (secondary N) is 1. The standard InChI is InChI=1S/C21H27N3O2S/c22-19-6-2-1-4-16(19)7-8-20(25)24-13-10-17(11-14-24)21(26)23-12-9-18-5-3-15-27-18/h1-6,15,17H,7-14,22H2,(H,23,26). The van der Waals surface area contributed by atoms with Gasteiger partial charge in [0, 0.05) is 42.5 Å². The van der Waals surface area contributed by atoms with Gasteiger partial charge in [-0.25, -0.2) is 0 Å². The van der Waals surface area contributed by atoms with E-state index < -0.39 is 0 Å². The van der Waals surface area contributed by atoms with Crippen molar-refractivity contribution in [3.05, 3.63) is 52.2 Å². The highest BCUT2D eigenvalue weighted by atomic mass is 32.1. The van der Waals surface area contributed by atoms with Gasteiger partial charge in [0.1, 0.15) is 0 Å². The number of amides is 2. The van der Waals surface area contributed by atoms with Gasteiger partial charge in [-0.2, -0.15) is 0 Å². The number of rotatable bonds is 7. The molecule has 1 aromatic heterocycles. The molecular formula is C21H27N3O2S. The second-order valence-corrected chi connectivity index (χ2v) is 8.01. The summed E-state index contributed by atoms with van der Waals surface area (Å²) in [7, 11) is 0. The molecule has 0 spiro atoms. The Morgan fingerprint density at radius 1 is 1.11 bits per heavy atom. The highest BCUT2D eigenvalue weighted by molar-refractivity contribution is 7.09. The van der Waals surface area contributed by atoms with Crippen LogP contribution in [-0.4, -0.2) is 36.3 Å². The quantitative estimate of drug-likeness (QED) is 0.720. The van der Waals surface area contributed by atoms with E-state index in [1.54, 1.807) is 11.3 Å². The third kappa shape index (κ3) is 5.57. The number of hydrogen-bond acceptors (Lipinski definition) is 4. The number of nitrogens with two attached hydrogens (primary N) is 1. The van der Waals surface area contributed by atoms with Crippen molar-refractivity contribution in [1.82, 2.24) is 10.2 Å². The van der Waals surface area contributed by atoms with Crippen LogP contribution >= 0.6 is 11.3 Å². The van der Waals surface area contributed by atoms with Gasteiger partial charge in [-0.05, 0) is 48.8 Å². The van der Waals surface area contributed by atoms with Crippen molar-refractivity contribution >= 4 is 28.8 Å².